The van der Waals surface area contributed by atoms with Crippen molar-refractivity contribution in [1.82, 2.24) is 9.21 Å². The Morgan fingerprint density at radius 2 is 1.82 bits per heavy atom. The maximum atomic E-state index is 11.3. The van der Waals surface area contributed by atoms with Gasteiger partial charge in [0.1, 0.15) is 0 Å². The Bertz CT molecular complexity index is 361. The minimum atomic E-state index is -3.11. The second kappa shape index (κ2) is 5.79. The van der Waals surface area contributed by atoms with Crippen LogP contribution in [0, 0.1) is 0 Å². The minimum absolute atomic E-state index is 0.00853. The normalized spacial score (nSPS) is 21.3. The SMILES string of the molecule is CCC(CC(=O)O)N1CCN(S(C)(=O)=O)CC1. The van der Waals surface area contributed by atoms with Crippen LogP contribution in [-0.2, 0) is 14.8 Å². The average Bonchev–Trinajstić information content (AvgIpc) is 2.24. The molecular weight excluding hydrogens is 244 g/mol. The molecule has 6 nitrogen and oxygen atoms in total. The lowest BCUT2D eigenvalue weighted by Gasteiger charge is -2.37. The molecule has 17 heavy (non-hydrogen) atoms. The largest absolute Gasteiger partial charge is 0.481 e. The van der Waals surface area contributed by atoms with Gasteiger partial charge in [-0.1, -0.05) is 6.92 Å². The van der Waals surface area contributed by atoms with E-state index in [1.54, 1.807) is 0 Å². The summed E-state index contributed by atoms with van der Waals surface area (Å²) < 4.78 is 24.1. The maximum absolute atomic E-state index is 11.3. The van der Waals surface area contributed by atoms with Gasteiger partial charge in [0.25, 0.3) is 0 Å². The molecule has 100 valence electrons. The Morgan fingerprint density at radius 1 is 1.29 bits per heavy atom. The molecule has 0 aliphatic carbocycles. The molecule has 0 amide bonds. The molecule has 1 aliphatic rings. The van der Waals surface area contributed by atoms with E-state index < -0.39 is 16.0 Å². The van der Waals surface area contributed by atoms with Crippen LogP contribution in [0.2, 0.25) is 0 Å². The Hall–Kier alpha value is -0.660. The highest BCUT2D eigenvalue weighted by Gasteiger charge is 2.27. The van der Waals surface area contributed by atoms with Gasteiger partial charge in [-0.05, 0) is 6.42 Å². The monoisotopic (exact) mass is 264 g/mol. The first-order valence-electron chi connectivity index (χ1n) is 5.75. The van der Waals surface area contributed by atoms with Crippen LogP contribution in [0.5, 0.6) is 0 Å². The summed E-state index contributed by atoms with van der Waals surface area (Å²) in [6.45, 7) is 4.08. The third-order valence-corrected chi connectivity index (χ3v) is 4.44. The molecule has 0 radical (unpaired) electrons. The summed E-state index contributed by atoms with van der Waals surface area (Å²) in [5.41, 5.74) is 0. The molecule has 7 heteroatoms. The van der Waals surface area contributed by atoms with Crippen LogP contribution >= 0.6 is 0 Å². The minimum Gasteiger partial charge on any atom is -0.481 e. The van der Waals surface area contributed by atoms with Crippen molar-refractivity contribution in [2.45, 2.75) is 25.8 Å². The number of carboxylic acids is 1. The Morgan fingerprint density at radius 3 is 2.18 bits per heavy atom. The first-order valence-corrected chi connectivity index (χ1v) is 7.60. The van der Waals surface area contributed by atoms with Crippen molar-refractivity contribution >= 4 is 16.0 Å². The molecule has 1 rings (SSSR count). The van der Waals surface area contributed by atoms with Crippen molar-refractivity contribution in [2.24, 2.45) is 0 Å². The Labute approximate surface area is 102 Å². The average molecular weight is 264 g/mol. The number of hydrogen-bond donors (Lipinski definition) is 1. The van der Waals surface area contributed by atoms with E-state index in [1.807, 2.05) is 6.92 Å². The molecule has 0 spiro atoms. The summed E-state index contributed by atoms with van der Waals surface area (Å²) in [5, 5.41) is 8.79. The van der Waals surface area contributed by atoms with Crippen LogP contribution < -0.4 is 0 Å². The smallest absolute Gasteiger partial charge is 0.304 e. The summed E-state index contributed by atoms with van der Waals surface area (Å²) in [6.07, 6.45) is 2.10. The lowest BCUT2D eigenvalue weighted by molar-refractivity contribution is -0.138. The van der Waals surface area contributed by atoms with E-state index in [0.717, 1.165) is 6.42 Å². The number of carbonyl (C=O) groups is 1. The van der Waals surface area contributed by atoms with Gasteiger partial charge >= 0.3 is 5.97 Å². The zero-order valence-corrected chi connectivity index (χ0v) is 11.1. The van der Waals surface area contributed by atoms with Gasteiger partial charge in [0, 0.05) is 32.2 Å². The fourth-order valence-electron chi connectivity index (χ4n) is 2.13. The van der Waals surface area contributed by atoms with Gasteiger partial charge in [-0.15, -0.1) is 0 Å². The van der Waals surface area contributed by atoms with E-state index in [4.69, 9.17) is 5.11 Å². The number of carboxylic acid groups (broad SMARTS) is 1. The third kappa shape index (κ3) is 4.25. The summed E-state index contributed by atoms with van der Waals surface area (Å²) in [7, 11) is -3.11. The van der Waals surface area contributed by atoms with E-state index in [2.05, 4.69) is 4.90 Å². The van der Waals surface area contributed by atoms with Crippen LogP contribution in [0.15, 0.2) is 0 Å². The molecule has 1 saturated heterocycles. The molecule has 0 bridgehead atoms. The number of hydrogen-bond acceptors (Lipinski definition) is 4. The predicted octanol–water partition coefficient (Wildman–Crippen LogP) is -0.183. The van der Waals surface area contributed by atoms with Crippen molar-refractivity contribution in [3.63, 3.8) is 0 Å². The number of piperazine rings is 1. The van der Waals surface area contributed by atoms with E-state index in [9.17, 15) is 13.2 Å². The van der Waals surface area contributed by atoms with Crippen molar-refractivity contribution < 1.29 is 18.3 Å². The quantitative estimate of drug-likeness (QED) is 0.745. The molecule has 0 aromatic rings. The predicted molar refractivity (Wildman–Crippen MR) is 64.3 cm³/mol. The van der Waals surface area contributed by atoms with Crippen LogP contribution in [-0.4, -0.2) is 67.2 Å². The molecule has 1 aliphatic heterocycles. The van der Waals surface area contributed by atoms with Gasteiger partial charge in [-0.25, -0.2) is 8.42 Å². The molecule has 1 N–H and O–H groups in total. The zero-order chi connectivity index (χ0) is 13.1. The first kappa shape index (κ1) is 14.4. The van der Waals surface area contributed by atoms with Crippen molar-refractivity contribution in [1.29, 1.82) is 0 Å². The molecule has 1 fully saturated rings. The molecule has 0 saturated carbocycles. The van der Waals surface area contributed by atoms with Crippen LogP contribution in [0.3, 0.4) is 0 Å². The van der Waals surface area contributed by atoms with Crippen LogP contribution in [0.1, 0.15) is 19.8 Å². The maximum Gasteiger partial charge on any atom is 0.304 e. The van der Waals surface area contributed by atoms with E-state index in [1.165, 1.54) is 10.6 Å². The molecular formula is C10H20N2O4S. The number of rotatable bonds is 5. The van der Waals surface area contributed by atoms with E-state index in [-0.39, 0.29) is 12.5 Å². The van der Waals surface area contributed by atoms with Gasteiger partial charge in [-0.3, -0.25) is 9.69 Å². The molecule has 1 heterocycles. The lowest BCUT2D eigenvalue weighted by atomic mass is 10.1. The molecule has 0 aromatic carbocycles. The van der Waals surface area contributed by atoms with Crippen LogP contribution in [0.25, 0.3) is 0 Å². The van der Waals surface area contributed by atoms with Crippen molar-refractivity contribution in [3.05, 3.63) is 0 Å². The fraction of sp³-hybridized carbons (Fsp3) is 0.900. The van der Waals surface area contributed by atoms with Gasteiger partial charge in [0.15, 0.2) is 0 Å². The highest BCUT2D eigenvalue weighted by molar-refractivity contribution is 7.88. The van der Waals surface area contributed by atoms with Gasteiger partial charge in [0.2, 0.25) is 10.0 Å². The highest BCUT2D eigenvalue weighted by atomic mass is 32.2. The van der Waals surface area contributed by atoms with E-state index in [0.29, 0.717) is 26.2 Å². The van der Waals surface area contributed by atoms with Gasteiger partial charge < -0.3 is 5.11 Å². The third-order valence-electron chi connectivity index (χ3n) is 3.14. The summed E-state index contributed by atoms with van der Waals surface area (Å²) in [4.78, 5) is 12.8. The highest BCUT2D eigenvalue weighted by Crippen LogP contribution is 2.13. The number of nitrogens with zero attached hydrogens (tertiary/aromatic N) is 2. The summed E-state index contributed by atoms with van der Waals surface area (Å²) in [6, 6.07) is 0.00853. The van der Waals surface area contributed by atoms with E-state index >= 15 is 0 Å². The molecule has 1 atom stereocenters. The summed E-state index contributed by atoms with van der Waals surface area (Å²) in [5.74, 6) is -0.803. The number of sulfonamides is 1. The second-order valence-corrected chi connectivity index (χ2v) is 6.34. The second-order valence-electron chi connectivity index (χ2n) is 4.36. The van der Waals surface area contributed by atoms with Crippen molar-refractivity contribution in [3.8, 4) is 0 Å². The Balaban J connectivity index is 2.53. The van der Waals surface area contributed by atoms with Gasteiger partial charge in [-0.2, -0.15) is 4.31 Å². The van der Waals surface area contributed by atoms with Crippen LogP contribution in [0.4, 0.5) is 0 Å². The Kier molecular flexibility index (Phi) is 4.91. The standard InChI is InChI=1S/C10H20N2O4S/c1-3-9(8-10(13)14)11-4-6-12(7-5-11)17(2,15)16/h9H,3-8H2,1-2H3,(H,13,14). The topological polar surface area (TPSA) is 77.9 Å². The molecule has 0 aromatic heterocycles. The zero-order valence-electron chi connectivity index (χ0n) is 10.3. The first-order chi connectivity index (χ1) is 7.84. The fourth-order valence-corrected chi connectivity index (χ4v) is 2.96. The number of aliphatic carboxylic acids is 1. The van der Waals surface area contributed by atoms with Crippen molar-refractivity contribution in [2.75, 3.05) is 32.4 Å². The molecule has 1 unspecified atom stereocenters. The lowest BCUT2D eigenvalue weighted by Crippen LogP contribution is -2.51. The van der Waals surface area contributed by atoms with Gasteiger partial charge in [0.05, 0.1) is 12.7 Å². The summed E-state index contributed by atoms with van der Waals surface area (Å²) >= 11 is 0.